The van der Waals surface area contributed by atoms with Crippen molar-refractivity contribution in [2.24, 2.45) is 5.92 Å². The molecule has 0 radical (unpaired) electrons. The van der Waals surface area contributed by atoms with E-state index in [1.807, 2.05) is 0 Å². The van der Waals surface area contributed by atoms with E-state index in [0.29, 0.717) is 3.42 Å². The van der Waals surface area contributed by atoms with Gasteiger partial charge in [-0.1, -0.05) is 55.7 Å². The molecule has 0 aliphatic heterocycles. The normalized spacial score (nSPS) is 27.8. The number of halogens is 1. The molecule has 0 saturated heterocycles. The van der Waals surface area contributed by atoms with Crippen LogP contribution in [-0.4, -0.2) is 3.42 Å². The van der Waals surface area contributed by atoms with E-state index in [4.69, 9.17) is 0 Å². The molecule has 0 amide bonds. The third-order valence-electron chi connectivity index (χ3n) is 4.05. The molecule has 1 unspecified atom stereocenters. The largest absolute Gasteiger partial charge is 0.130 e. The first-order chi connectivity index (χ1) is 8.23. The fraction of sp³-hybridized carbons (Fsp3) is 0.812. The highest BCUT2D eigenvalue weighted by molar-refractivity contribution is 14.1. The Morgan fingerprint density at radius 1 is 1.29 bits per heavy atom. The first kappa shape index (κ1) is 15.3. The molecule has 0 bridgehead atoms. The van der Waals surface area contributed by atoms with Gasteiger partial charge in [0.15, 0.2) is 0 Å². The first-order valence-corrected chi connectivity index (χ1v) is 8.39. The number of rotatable bonds is 7. The Hall–Kier alpha value is 0.250. The molecule has 1 aliphatic carbocycles. The van der Waals surface area contributed by atoms with Gasteiger partial charge in [-0.15, -0.1) is 5.73 Å². The van der Waals surface area contributed by atoms with Gasteiger partial charge < -0.3 is 0 Å². The van der Waals surface area contributed by atoms with E-state index in [0.717, 1.165) is 5.92 Å². The summed E-state index contributed by atoms with van der Waals surface area (Å²) in [4.78, 5) is 0. The van der Waals surface area contributed by atoms with Crippen LogP contribution in [0.3, 0.4) is 0 Å². The summed E-state index contributed by atoms with van der Waals surface area (Å²) in [6.45, 7) is 4.60. The zero-order valence-corrected chi connectivity index (χ0v) is 13.6. The van der Waals surface area contributed by atoms with Crippen LogP contribution in [0, 0.1) is 5.92 Å². The molecule has 1 rings (SSSR count). The minimum atomic E-state index is 0.581. The Balaban J connectivity index is 2.27. The van der Waals surface area contributed by atoms with Crippen molar-refractivity contribution in [3.8, 4) is 0 Å². The van der Waals surface area contributed by atoms with Crippen LogP contribution in [0.4, 0.5) is 0 Å². The Morgan fingerprint density at radius 2 is 2.12 bits per heavy atom. The molecule has 0 aromatic heterocycles. The molecule has 0 N–H and O–H groups in total. The van der Waals surface area contributed by atoms with Crippen LogP contribution < -0.4 is 0 Å². The third-order valence-corrected chi connectivity index (χ3v) is 6.24. The van der Waals surface area contributed by atoms with Crippen molar-refractivity contribution in [1.29, 1.82) is 0 Å². The highest BCUT2D eigenvalue weighted by Crippen LogP contribution is 2.47. The Morgan fingerprint density at radius 3 is 2.82 bits per heavy atom. The maximum absolute atomic E-state index is 3.38. The van der Waals surface area contributed by atoms with Crippen LogP contribution in [0.15, 0.2) is 17.9 Å². The van der Waals surface area contributed by atoms with E-state index in [-0.39, 0.29) is 0 Å². The molecule has 98 valence electrons. The van der Waals surface area contributed by atoms with Gasteiger partial charge in [0.25, 0.3) is 0 Å². The molecule has 17 heavy (non-hydrogen) atoms. The topological polar surface area (TPSA) is 0 Å². The number of hydrogen-bond acceptors (Lipinski definition) is 0. The summed E-state index contributed by atoms with van der Waals surface area (Å²) in [7, 11) is 0. The van der Waals surface area contributed by atoms with Crippen LogP contribution in [0.2, 0.25) is 0 Å². The van der Waals surface area contributed by atoms with Crippen molar-refractivity contribution < 1.29 is 0 Å². The molecule has 0 spiro atoms. The fourth-order valence-electron chi connectivity index (χ4n) is 2.77. The van der Waals surface area contributed by atoms with E-state index in [2.05, 4.69) is 54.3 Å². The number of alkyl halides is 1. The van der Waals surface area contributed by atoms with Gasteiger partial charge in [-0.25, -0.2) is 0 Å². The highest BCUT2D eigenvalue weighted by Gasteiger charge is 2.37. The molecule has 0 aromatic carbocycles. The smallest absolute Gasteiger partial charge is 0.0251 e. The fourth-order valence-corrected chi connectivity index (χ4v) is 3.72. The minimum absolute atomic E-state index is 0.581. The van der Waals surface area contributed by atoms with Crippen LogP contribution in [0.5, 0.6) is 0 Å². The van der Waals surface area contributed by atoms with Crippen molar-refractivity contribution in [3.05, 3.63) is 17.9 Å². The van der Waals surface area contributed by atoms with E-state index in [1.165, 1.54) is 57.8 Å². The highest BCUT2D eigenvalue weighted by atomic mass is 127. The van der Waals surface area contributed by atoms with E-state index in [9.17, 15) is 0 Å². The average Bonchev–Trinajstić information content (AvgIpc) is 2.71. The third kappa shape index (κ3) is 5.18. The van der Waals surface area contributed by atoms with Gasteiger partial charge in [0.05, 0.1) is 0 Å². The van der Waals surface area contributed by atoms with Gasteiger partial charge in [-0.3, -0.25) is 0 Å². The lowest BCUT2D eigenvalue weighted by atomic mass is 9.91. The van der Waals surface area contributed by atoms with Crippen LogP contribution in [-0.2, 0) is 0 Å². The van der Waals surface area contributed by atoms with Crippen molar-refractivity contribution in [2.75, 3.05) is 0 Å². The number of unbranched alkanes of at least 4 members (excludes halogenated alkanes) is 3. The molecule has 1 saturated carbocycles. The van der Waals surface area contributed by atoms with Crippen molar-refractivity contribution in [3.63, 3.8) is 0 Å². The summed E-state index contributed by atoms with van der Waals surface area (Å²) in [6.07, 6.45) is 16.5. The molecule has 0 heterocycles. The van der Waals surface area contributed by atoms with E-state index >= 15 is 0 Å². The zero-order valence-electron chi connectivity index (χ0n) is 11.5. The molecule has 0 nitrogen and oxygen atoms in total. The summed E-state index contributed by atoms with van der Waals surface area (Å²) in [6, 6.07) is 0. The van der Waals surface area contributed by atoms with Crippen LogP contribution in [0.1, 0.15) is 71.6 Å². The first-order valence-electron chi connectivity index (χ1n) is 7.31. The van der Waals surface area contributed by atoms with Crippen molar-refractivity contribution in [2.45, 2.75) is 75.1 Å². The average molecular weight is 346 g/mol. The molecular weight excluding hydrogens is 319 g/mol. The van der Waals surface area contributed by atoms with Crippen molar-refractivity contribution >= 4 is 22.6 Å². The van der Waals surface area contributed by atoms with E-state index in [1.54, 1.807) is 0 Å². The molecule has 1 heteroatoms. The van der Waals surface area contributed by atoms with Crippen LogP contribution in [0.25, 0.3) is 0 Å². The van der Waals surface area contributed by atoms with E-state index < -0.39 is 0 Å². The molecule has 2 atom stereocenters. The molecule has 0 aromatic rings. The second-order valence-electron chi connectivity index (χ2n) is 5.28. The molecular formula is C16H27I. The van der Waals surface area contributed by atoms with Gasteiger partial charge in [0, 0.05) is 3.42 Å². The predicted molar refractivity (Wildman–Crippen MR) is 85.8 cm³/mol. The summed E-state index contributed by atoms with van der Waals surface area (Å²) >= 11 is 2.71. The van der Waals surface area contributed by atoms with Gasteiger partial charge in [-0.2, -0.15) is 0 Å². The maximum atomic E-state index is 3.38. The van der Waals surface area contributed by atoms with Gasteiger partial charge >= 0.3 is 0 Å². The number of allylic oxidation sites excluding steroid dienone is 1. The van der Waals surface area contributed by atoms with Gasteiger partial charge in [0.1, 0.15) is 0 Å². The lowest BCUT2D eigenvalue weighted by Gasteiger charge is -2.27. The summed E-state index contributed by atoms with van der Waals surface area (Å²) in [5, 5.41) is 0. The Bertz CT molecular complexity index is 263. The molecule has 1 fully saturated rings. The summed E-state index contributed by atoms with van der Waals surface area (Å²) in [5.74, 6) is 0.893. The van der Waals surface area contributed by atoms with Gasteiger partial charge in [-0.05, 0) is 56.6 Å². The predicted octanol–water partition coefficient (Wildman–Crippen LogP) is 6.05. The molecule has 1 aliphatic rings. The lowest BCUT2D eigenvalue weighted by molar-refractivity contribution is 0.446. The lowest BCUT2D eigenvalue weighted by Crippen LogP contribution is -2.23. The number of hydrogen-bond donors (Lipinski definition) is 0. The quantitative estimate of drug-likeness (QED) is 0.228. The standard InChI is InChI=1S/C16H27I/c1-3-5-6-7-8-9-10-12-15-13-11-14-16(15,17)4-2/h8,10,15H,3-7,11-14H2,1-2H3/t9?,15?,16-/m0/s1. The van der Waals surface area contributed by atoms with Crippen LogP contribution >= 0.6 is 22.6 Å². The SMILES string of the molecule is CCCCCC=C=CCC1CCC[C@@]1(I)CC. The van der Waals surface area contributed by atoms with Crippen molar-refractivity contribution in [1.82, 2.24) is 0 Å². The zero-order chi connectivity index (χ0) is 12.6. The summed E-state index contributed by atoms with van der Waals surface area (Å²) < 4.78 is 0.581. The maximum Gasteiger partial charge on any atom is 0.0251 e. The Kier molecular flexibility index (Phi) is 7.54. The second kappa shape index (κ2) is 8.37. The minimum Gasteiger partial charge on any atom is -0.130 e. The second-order valence-corrected chi connectivity index (χ2v) is 7.43. The summed E-state index contributed by atoms with van der Waals surface area (Å²) in [5.41, 5.74) is 3.38. The Labute approximate surface area is 121 Å². The monoisotopic (exact) mass is 346 g/mol. The van der Waals surface area contributed by atoms with Gasteiger partial charge in [0.2, 0.25) is 0 Å².